The summed E-state index contributed by atoms with van der Waals surface area (Å²) >= 11 is 0. The lowest BCUT2D eigenvalue weighted by Gasteiger charge is -2.35. The van der Waals surface area contributed by atoms with E-state index in [2.05, 4.69) is 302 Å². The number of benzene rings is 16. The van der Waals surface area contributed by atoms with Crippen LogP contribution in [0.1, 0.15) is 98.5 Å². The second-order valence-electron chi connectivity index (χ2n) is 28.6. The Morgan fingerprint density at radius 1 is 0.280 bits per heavy atom. The lowest BCUT2D eigenvalue weighted by molar-refractivity contribution is 0.629. The number of aryl methyl sites for hydroxylation is 1. The molecular weight excluding hydrogens is 1290 g/mol. The van der Waals surface area contributed by atoms with Crippen LogP contribution in [0.15, 0.2) is 395 Å². The molecule has 0 fully saturated rings. The second-order valence-corrected chi connectivity index (χ2v) is 28.6. The first kappa shape index (κ1) is 53.6. The van der Waals surface area contributed by atoms with Crippen molar-refractivity contribution in [3.05, 3.63) is 472 Å². The van der Waals surface area contributed by atoms with Gasteiger partial charge in [-0.25, -0.2) is 0 Å². The Labute approximate surface area is 641 Å². The molecule has 0 heterocycles. The number of nitrogens with zero attached hydrogens (tertiary/aromatic N) is 2. The maximum Gasteiger partial charge on any atom is 0.0727 e. The van der Waals surface area contributed by atoms with Crippen LogP contribution in [0.25, 0.3) is 72.8 Å². The number of hydrogen-bond donors (Lipinski definition) is 0. The van der Waals surface area contributed by atoms with E-state index >= 15 is 0 Å². The highest BCUT2D eigenvalue weighted by Gasteiger charge is 2.53. The van der Waals surface area contributed by atoms with Crippen LogP contribution in [0, 0.1) is 0 Å². The van der Waals surface area contributed by atoms with E-state index in [1.807, 2.05) is 54.6 Å². The van der Waals surface area contributed by atoms with Crippen molar-refractivity contribution >= 4 is 40.2 Å². The van der Waals surface area contributed by atoms with E-state index in [9.17, 15) is 0 Å². The third-order valence-electron chi connectivity index (χ3n) is 23.3. The van der Waals surface area contributed by atoms with Crippen LogP contribution in [0.4, 0.5) is 34.1 Å². The molecule has 3 unspecified atom stereocenters. The Kier molecular flexibility index (Phi) is 12.8. The number of rotatable bonds is 16. The molecule has 0 amide bonds. The van der Waals surface area contributed by atoms with Gasteiger partial charge in [0.2, 0.25) is 0 Å². The van der Waals surface area contributed by atoms with Crippen molar-refractivity contribution in [1.29, 1.82) is 0 Å². The first-order chi connectivity index (χ1) is 57.0. The third-order valence-corrected chi connectivity index (χ3v) is 23.3. The molecule has 4 aliphatic carbocycles. The average molecular weight is 1380 g/mol. The zero-order chi connectivity index (χ0) is 79.9. The minimum atomic E-state index is -0.935. The molecule has 16 aromatic carbocycles. The summed E-state index contributed by atoms with van der Waals surface area (Å²) < 4.78 is 88.5. The Balaban J connectivity index is 0.813. The Morgan fingerprint density at radius 3 is 0.972 bits per heavy atom. The van der Waals surface area contributed by atoms with E-state index in [1.54, 1.807) is 0 Å². The maximum atomic E-state index is 9.14. The lowest BCUT2D eigenvalue weighted by Crippen LogP contribution is -2.30. The van der Waals surface area contributed by atoms with E-state index in [0.29, 0.717) is 24.0 Å². The molecule has 0 aliphatic heterocycles. The summed E-state index contributed by atoms with van der Waals surface area (Å²) in [5.74, 6) is 0. The molecule has 4 aliphatic rings. The number of fused-ring (bicyclic) bond motifs is 16. The minimum Gasteiger partial charge on any atom is -0.310 e. The predicted molar refractivity (Wildman–Crippen MR) is 446 cm³/mol. The highest BCUT2D eigenvalue weighted by Crippen LogP contribution is 2.65. The summed E-state index contributed by atoms with van der Waals surface area (Å²) in [7, 11) is 0. The van der Waals surface area contributed by atoms with Crippen LogP contribution in [0.5, 0.6) is 0 Å². The van der Waals surface area contributed by atoms with E-state index in [-0.39, 0.29) is 35.3 Å². The summed E-state index contributed by atoms with van der Waals surface area (Å²) in [4.78, 5) is 4.64. The quantitative estimate of drug-likeness (QED) is 0.0951. The third kappa shape index (κ3) is 10.0. The molecule has 2 nitrogen and oxygen atoms in total. The molecule has 0 radical (unpaired) electrons. The summed E-state index contributed by atoms with van der Waals surface area (Å²) in [6, 6.07) is 114. The standard InChI is InChI=1S/C105H76N2/c1-3-71-41-45-73(46-42-71)69-103(79-29-13-7-14-30-79)95-37-21-17-33-87(95)91-61-57-83(65-99(91)103)106(81-53-49-77(50-54-81)75-25-9-5-10-26-75)85-59-63-93-89-35-19-23-39-97(89)105(101(93)67-85)98-40-24-20-36-90(98)94-64-60-86(68-102(94)105)107(82-55-51-78(52-56-82)76-27-11-6-12-28-76)84-58-62-92-88-34-18-22-38-96(88)104(100(92)66-84,80-31-15-8-16-32-80)70-74-47-43-72(4-2)44-48-74/h3,5-68H,1,4,69-70H2,2H3/i5D,6D,9D,10D,11D,12D,25D,26D,27D,28D. The molecule has 2 heteroatoms. The van der Waals surface area contributed by atoms with Gasteiger partial charge in [0.25, 0.3) is 0 Å². The molecule has 0 saturated heterocycles. The Hall–Kier alpha value is -13.1. The van der Waals surface area contributed by atoms with Crippen molar-refractivity contribution in [3.63, 3.8) is 0 Å². The van der Waals surface area contributed by atoms with Gasteiger partial charge in [0.05, 0.1) is 30.0 Å². The van der Waals surface area contributed by atoms with Gasteiger partial charge < -0.3 is 9.80 Å². The van der Waals surface area contributed by atoms with Gasteiger partial charge in [0.1, 0.15) is 0 Å². The Bertz CT molecular complexity index is 6650. The second kappa shape index (κ2) is 25.6. The van der Waals surface area contributed by atoms with Gasteiger partial charge in [0.15, 0.2) is 0 Å². The summed E-state index contributed by atoms with van der Waals surface area (Å²) in [6.07, 6.45) is 4.15. The minimum absolute atomic E-state index is 0.123. The highest BCUT2D eigenvalue weighted by atomic mass is 15.1. The monoisotopic (exact) mass is 1370 g/mol. The van der Waals surface area contributed by atoms with E-state index in [1.165, 1.54) is 38.9 Å². The summed E-state index contributed by atoms with van der Waals surface area (Å²) in [5.41, 5.74) is 29.2. The van der Waals surface area contributed by atoms with E-state index in [4.69, 9.17) is 13.7 Å². The van der Waals surface area contributed by atoms with Crippen molar-refractivity contribution in [3.8, 4) is 66.8 Å². The van der Waals surface area contributed by atoms with Gasteiger partial charge >= 0.3 is 0 Å². The van der Waals surface area contributed by atoms with Crippen LogP contribution in [-0.4, -0.2) is 0 Å². The van der Waals surface area contributed by atoms with Crippen LogP contribution in [0.2, 0.25) is 0 Å². The molecule has 0 N–H and O–H groups in total. The van der Waals surface area contributed by atoms with Crippen molar-refractivity contribution in [2.24, 2.45) is 0 Å². The maximum absolute atomic E-state index is 9.14. The van der Waals surface area contributed by atoms with Gasteiger partial charge in [-0.05, 0) is 237 Å². The SMILES string of the molecule is [2H]c1c([2H])c([2H])c(-c2ccc(N(c3ccc4c(c3)C(Cc3ccc(C=C)cc3)(c3ccccc3)c3ccccc3-4)c3ccc4c(c3)C3(c5ccccc5-4)c4ccccc4-c4ccc(N(c5ccc(-c6c([2H])c([2H])c([2H])c([2H])c6[2H])cc5)c5ccc6c(c5)C(Cc5ccc(CC)cc5)(c5ccccc5)c5ccccc5-6)cc43)cc2)c([2H])c1[2H]. The van der Waals surface area contributed by atoms with Crippen molar-refractivity contribution < 1.29 is 13.7 Å². The van der Waals surface area contributed by atoms with Crippen molar-refractivity contribution in [2.45, 2.75) is 42.4 Å². The zero-order valence-corrected chi connectivity index (χ0v) is 59.0. The topological polar surface area (TPSA) is 6.48 Å². The largest absolute Gasteiger partial charge is 0.310 e. The fourth-order valence-electron chi connectivity index (χ4n) is 18.5. The Morgan fingerprint density at radius 2 is 0.589 bits per heavy atom. The number of hydrogen-bond acceptors (Lipinski definition) is 2. The molecule has 506 valence electrons. The molecule has 3 atom stereocenters. The molecular formula is C105H76N2. The first-order valence-electron chi connectivity index (χ1n) is 41.9. The van der Waals surface area contributed by atoms with Crippen molar-refractivity contribution in [1.82, 2.24) is 0 Å². The normalized spacial score (nSPS) is 17.7. The lowest BCUT2D eigenvalue weighted by atomic mass is 9.68. The first-order valence-corrected chi connectivity index (χ1v) is 36.9. The molecule has 0 bridgehead atoms. The van der Waals surface area contributed by atoms with Gasteiger partial charge in [-0.3, -0.25) is 0 Å². The number of anilines is 6. The highest BCUT2D eigenvalue weighted by molar-refractivity contribution is 5.99. The smallest absolute Gasteiger partial charge is 0.0727 e. The van der Waals surface area contributed by atoms with Crippen LogP contribution in [-0.2, 0) is 35.5 Å². The van der Waals surface area contributed by atoms with Crippen LogP contribution in [0.3, 0.4) is 0 Å². The van der Waals surface area contributed by atoms with Crippen LogP contribution < -0.4 is 9.80 Å². The molecule has 20 rings (SSSR count). The van der Waals surface area contributed by atoms with Gasteiger partial charge in [-0.1, -0.05) is 335 Å². The fourth-order valence-corrected chi connectivity index (χ4v) is 18.5. The molecule has 16 aromatic rings. The van der Waals surface area contributed by atoms with Crippen LogP contribution >= 0.6 is 0 Å². The molecule has 1 spiro atoms. The molecule has 0 aromatic heterocycles. The van der Waals surface area contributed by atoms with Crippen molar-refractivity contribution in [2.75, 3.05) is 9.80 Å². The molecule has 0 saturated carbocycles. The van der Waals surface area contributed by atoms with E-state index < -0.39 is 52.5 Å². The van der Waals surface area contributed by atoms with Gasteiger partial charge in [-0.2, -0.15) is 0 Å². The van der Waals surface area contributed by atoms with E-state index in [0.717, 1.165) is 124 Å². The summed E-state index contributed by atoms with van der Waals surface area (Å²) in [6.45, 7) is 6.28. The summed E-state index contributed by atoms with van der Waals surface area (Å²) in [5, 5.41) is 0. The predicted octanol–water partition coefficient (Wildman–Crippen LogP) is 26.6. The molecule has 107 heavy (non-hydrogen) atoms. The zero-order valence-electron chi connectivity index (χ0n) is 69.0. The average Bonchev–Trinajstić information content (AvgIpc) is 1.55. The van der Waals surface area contributed by atoms with Gasteiger partial charge in [0, 0.05) is 34.1 Å². The fraction of sp³-hybridized carbons (Fsp3) is 0.0667. The van der Waals surface area contributed by atoms with Gasteiger partial charge in [-0.15, -0.1) is 0 Å².